The van der Waals surface area contributed by atoms with Gasteiger partial charge in [0.05, 0.1) is 7.11 Å². The van der Waals surface area contributed by atoms with Crippen molar-refractivity contribution in [1.29, 1.82) is 0 Å². The van der Waals surface area contributed by atoms with Gasteiger partial charge in [-0.05, 0) is 67.4 Å². The summed E-state index contributed by atoms with van der Waals surface area (Å²) in [5, 5.41) is 4.33. The largest absolute Gasteiger partial charge is 0.497 e. The number of fused-ring (bicyclic) bond motifs is 2. The molecule has 168 valence electrons. The normalized spacial score (nSPS) is 16.4. The van der Waals surface area contributed by atoms with Crippen LogP contribution in [0, 0.1) is 5.92 Å². The summed E-state index contributed by atoms with van der Waals surface area (Å²) in [6, 6.07) is 12.0. The summed E-state index contributed by atoms with van der Waals surface area (Å²) in [6.45, 7) is 3.49. The molecule has 1 aromatic heterocycles. The molecule has 7 heteroatoms. The summed E-state index contributed by atoms with van der Waals surface area (Å²) in [6.07, 6.45) is 3.95. The molecule has 1 N–H and O–H groups in total. The Bertz CT molecular complexity index is 1130. The molecule has 0 saturated carbocycles. The zero-order chi connectivity index (χ0) is 22.1. The Morgan fingerprint density at radius 1 is 1.12 bits per heavy atom. The van der Waals surface area contributed by atoms with E-state index in [2.05, 4.69) is 40.2 Å². The lowest BCUT2D eigenvalue weighted by atomic mass is 9.95. The maximum atomic E-state index is 12.7. The minimum Gasteiger partial charge on any atom is -0.497 e. The SMILES string of the molecule is COc1ccc2c(c1)c(CN1CCC(C(=O)NCc3ccc4c(c3)OCO4)CC1)cn2C. The molecule has 0 atom stereocenters. The number of amides is 1. The minimum atomic E-state index is 0.0628. The lowest BCUT2D eigenvalue weighted by molar-refractivity contribution is -0.126. The van der Waals surface area contributed by atoms with Crippen molar-refractivity contribution in [2.75, 3.05) is 27.0 Å². The van der Waals surface area contributed by atoms with Gasteiger partial charge in [0.1, 0.15) is 5.75 Å². The van der Waals surface area contributed by atoms with Crippen LogP contribution in [0.4, 0.5) is 0 Å². The molecule has 2 aromatic carbocycles. The van der Waals surface area contributed by atoms with Crippen LogP contribution in [0.25, 0.3) is 10.9 Å². The quantitative estimate of drug-likeness (QED) is 0.643. The molecular weight excluding hydrogens is 406 g/mol. The predicted molar refractivity (Wildman–Crippen MR) is 122 cm³/mol. The lowest BCUT2D eigenvalue weighted by Crippen LogP contribution is -2.40. The number of hydrogen-bond donors (Lipinski definition) is 1. The molecule has 2 aliphatic rings. The highest BCUT2D eigenvalue weighted by molar-refractivity contribution is 5.85. The molecular formula is C25H29N3O4. The third-order valence-electron chi connectivity index (χ3n) is 6.54. The number of carbonyl (C=O) groups is 1. The Kier molecular flexibility index (Phi) is 5.66. The van der Waals surface area contributed by atoms with Crippen molar-refractivity contribution in [1.82, 2.24) is 14.8 Å². The highest BCUT2D eigenvalue weighted by Gasteiger charge is 2.25. The van der Waals surface area contributed by atoms with E-state index in [0.29, 0.717) is 6.54 Å². The first-order valence-corrected chi connectivity index (χ1v) is 11.1. The van der Waals surface area contributed by atoms with Crippen LogP contribution in [0.2, 0.25) is 0 Å². The van der Waals surface area contributed by atoms with E-state index in [9.17, 15) is 4.79 Å². The van der Waals surface area contributed by atoms with E-state index in [0.717, 1.165) is 55.3 Å². The summed E-state index contributed by atoms with van der Waals surface area (Å²) in [7, 11) is 3.78. The van der Waals surface area contributed by atoms with Gasteiger partial charge in [-0.1, -0.05) is 6.07 Å². The summed E-state index contributed by atoms with van der Waals surface area (Å²) >= 11 is 0. The molecule has 0 unspecified atom stereocenters. The van der Waals surface area contributed by atoms with E-state index < -0.39 is 0 Å². The fourth-order valence-corrected chi connectivity index (χ4v) is 4.68. The Morgan fingerprint density at radius 3 is 2.75 bits per heavy atom. The van der Waals surface area contributed by atoms with Crippen LogP contribution < -0.4 is 19.5 Å². The van der Waals surface area contributed by atoms with E-state index in [1.54, 1.807) is 7.11 Å². The van der Waals surface area contributed by atoms with Gasteiger partial charge in [0.15, 0.2) is 11.5 Å². The summed E-state index contributed by atoms with van der Waals surface area (Å²) in [4.78, 5) is 15.2. The van der Waals surface area contributed by atoms with E-state index in [1.165, 1.54) is 16.5 Å². The molecule has 1 amide bonds. The molecule has 5 rings (SSSR count). The molecule has 1 saturated heterocycles. The van der Waals surface area contributed by atoms with E-state index in [1.807, 2.05) is 24.3 Å². The third kappa shape index (κ3) is 4.12. The van der Waals surface area contributed by atoms with Crippen LogP contribution >= 0.6 is 0 Å². The van der Waals surface area contributed by atoms with E-state index >= 15 is 0 Å². The van der Waals surface area contributed by atoms with E-state index in [4.69, 9.17) is 14.2 Å². The monoisotopic (exact) mass is 435 g/mol. The molecule has 0 bridgehead atoms. The first-order chi connectivity index (χ1) is 15.6. The number of nitrogens with zero attached hydrogens (tertiary/aromatic N) is 2. The van der Waals surface area contributed by atoms with Gasteiger partial charge in [0.25, 0.3) is 0 Å². The number of carbonyl (C=O) groups excluding carboxylic acids is 1. The molecule has 3 heterocycles. The van der Waals surface area contributed by atoms with Gasteiger partial charge in [-0.25, -0.2) is 0 Å². The number of methoxy groups -OCH3 is 1. The molecule has 0 aliphatic carbocycles. The third-order valence-corrected chi connectivity index (χ3v) is 6.54. The maximum Gasteiger partial charge on any atom is 0.231 e. The van der Waals surface area contributed by atoms with Crippen molar-refractivity contribution >= 4 is 16.8 Å². The number of likely N-dealkylation sites (tertiary alicyclic amines) is 1. The maximum absolute atomic E-state index is 12.7. The van der Waals surface area contributed by atoms with E-state index in [-0.39, 0.29) is 18.6 Å². The van der Waals surface area contributed by atoms with Crippen LogP contribution in [0.3, 0.4) is 0 Å². The first-order valence-electron chi connectivity index (χ1n) is 11.1. The van der Waals surface area contributed by atoms with Gasteiger partial charge in [0, 0.05) is 43.2 Å². The topological polar surface area (TPSA) is 65.0 Å². The summed E-state index contributed by atoms with van der Waals surface area (Å²) < 4.78 is 18.3. The van der Waals surface area contributed by atoms with Gasteiger partial charge in [0.2, 0.25) is 12.7 Å². The number of rotatable bonds is 6. The van der Waals surface area contributed by atoms with Gasteiger partial charge in [-0.3, -0.25) is 9.69 Å². The smallest absolute Gasteiger partial charge is 0.231 e. The zero-order valence-corrected chi connectivity index (χ0v) is 18.6. The number of piperidine rings is 1. The predicted octanol–water partition coefficient (Wildman–Crippen LogP) is 3.44. The highest BCUT2D eigenvalue weighted by atomic mass is 16.7. The Labute approximate surface area is 187 Å². The summed E-state index contributed by atoms with van der Waals surface area (Å²) in [5.41, 5.74) is 3.53. The van der Waals surface area contributed by atoms with Crippen molar-refractivity contribution in [3.05, 3.63) is 53.7 Å². The molecule has 2 aliphatic heterocycles. The van der Waals surface area contributed by atoms with Crippen LogP contribution in [-0.4, -0.2) is 42.4 Å². The van der Waals surface area contributed by atoms with Crippen molar-refractivity contribution in [2.45, 2.75) is 25.9 Å². The van der Waals surface area contributed by atoms with Crippen LogP contribution in [-0.2, 0) is 24.9 Å². The number of ether oxygens (including phenoxy) is 3. The highest BCUT2D eigenvalue weighted by Crippen LogP contribution is 2.32. The van der Waals surface area contributed by atoms with Gasteiger partial charge < -0.3 is 24.1 Å². The lowest BCUT2D eigenvalue weighted by Gasteiger charge is -2.31. The van der Waals surface area contributed by atoms with Gasteiger partial charge in [-0.2, -0.15) is 0 Å². The number of hydrogen-bond acceptors (Lipinski definition) is 5. The van der Waals surface area contributed by atoms with Crippen LogP contribution in [0.5, 0.6) is 17.2 Å². The van der Waals surface area contributed by atoms with Crippen molar-refractivity contribution in [3.8, 4) is 17.2 Å². The molecule has 32 heavy (non-hydrogen) atoms. The van der Waals surface area contributed by atoms with Crippen molar-refractivity contribution in [3.63, 3.8) is 0 Å². The Balaban J connectivity index is 1.15. The number of nitrogens with one attached hydrogen (secondary N) is 1. The zero-order valence-electron chi connectivity index (χ0n) is 18.6. The Hall–Kier alpha value is -3.19. The van der Waals surface area contributed by atoms with Crippen LogP contribution in [0.15, 0.2) is 42.6 Å². The van der Waals surface area contributed by atoms with Gasteiger partial charge >= 0.3 is 0 Å². The molecule has 7 nitrogen and oxygen atoms in total. The molecule has 1 fully saturated rings. The average Bonchev–Trinajstić information content (AvgIpc) is 3.41. The molecule has 0 spiro atoms. The second kappa shape index (κ2) is 8.74. The minimum absolute atomic E-state index is 0.0628. The van der Waals surface area contributed by atoms with Crippen molar-refractivity contribution in [2.24, 2.45) is 13.0 Å². The summed E-state index contributed by atoms with van der Waals surface area (Å²) in [5.74, 6) is 2.58. The fourth-order valence-electron chi connectivity index (χ4n) is 4.68. The second-order valence-electron chi connectivity index (χ2n) is 8.60. The van der Waals surface area contributed by atoms with Crippen molar-refractivity contribution < 1.29 is 19.0 Å². The average molecular weight is 436 g/mol. The molecule has 0 radical (unpaired) electrons. The standard InChI is InChI=1S/C25H29N3O4/c1-27-14-19(21-12-20(30-2)4-5-22(21)27)15-28-9-7-18(8-10-28)25(29)26-13-17-3-6-23-24(11-17)32-16-31-23/h3-6,11-12,14,18H,7-10,13,15-16H2,1-2H3,(H,26,29). The second-order valence-corrected chi connectivity index (χ2v) is 8.60. The number of benzene rings is 2. The first kappa shape index (κ1) is 20.7. The number of aryl methyl sites for hydroxylation is 1. The number of aromatic nitrogens is 1. The fraction of sp³-hybridized carbons (Fsp3) is 0.400. The van der Waals surface area contributed by atoms with Gasteiger partial charge in [-0.15, -0.1) is 0 Å². The van der Waals surface area contributed by atoms with Crippen LogP contribution in [0.1, 0.15) is 24.0 Å². The Morgan fingerprint density at radius 2 is 1.94 bits per heavy atom. The molecule has 3 aromatic rings.